The zero-order valence-corrected chi connectivity index (χ0v) is 19.1. The maximum atomic E-state index is 14.2. The van der Waals surface area contributed by atoms with Crippen LogP contribution >= 0.6 is 11.8 Å². The number of rotatable bonds is 5. The monoisotopic (exact) mass is 432 g/mol. The van der Waals surface area contributed by atoms with Crippen LogP contribution in [0.5, 0.6) is 0 Å². The van der Waals surface area contributed by atoms with Crippen molar-refractivity contribution in [2.24, 2.45) is 5.92 Å². The summed E-state index contributed by atoms with van der Waals surface area (Å²) < 4.78 is 19.5. The van der Waals surface area contributed by atoms with Crippen molar-refractivity contribution in [3.8, 4) is 0 Å². The number of halogens is 1. The fourth-order valence-corrected chi connectivity index (χ4v) is 4.92. The van der Waals surface area contributed by atoms with Gasteiger partial charge in [-0.1, -0.05) is 42.1 Å². The van der Waals surface area contributed by atoms with Gasteiger partial charge in [0.15, 0.2) is 0 Å². The van der Waals surface area contributed by atoms with Crippen molar-refractivity contribution in [2.75, 3.05) is 26.2 Å². The number of likely N-dealkylation sites (tertiary alicyclic amines) is 1. The van der Waals surface area contributed by atoms with Crippen LogP contribution in [0.2, 0.25) is 0 Å². The summed E-state index contributed by atoms with van der Waals surface area (Å²) in [5.74, 6) is 0.328. The van der Waals surface area contributed by atoms with E-state index in [1.165, 1.54) is 11.0 Å². The number of piperidine rings is 1. The summed E-state index contributed by atoms with van der Waals surface area (Å²) in [6.45, 7) is 9.21. The summed E-state index contributed by atoms with van der Waals surface area (Å²) in [6.07, 6.45) is 8.17. The van der Waals surface area contributed by atoms with Crippen molar-refractivity contribution in [1.29, 1.82) is 0 Å². The Labute approximate surface area is 183 Å². The maximum Gasteiger partial charge on any atom is 0.407 e. The van der Waals surface area contributed by atoms with Gasteiger partial charge in [-0.25, -0.2) is 9.18 Å². The zero-order valence-electron chi connectivity index (χ0n) is 18.2. The molecule has 0 bridgehead atoms. The second-order valence-corrected chi connectivity index (χ2v) is 10.2. The lowest BCUT2D eigenvalue weighted by molar-refractivity contribution is 0.0510. The second-order valence-electron chi connectivity index (χ2n) is 9.00. The lowest BCUT2D eigenvalue weighted by atomic mass is 9.97. The highest BCUT2D eigenvalue weighted by Gasteiger charge is 2.23. The van der Waals surface area contributed by atoms with E-state index in [1.54, 1.807) is 17.8 Å². The van der Waals surface area contributed by atoms with Crippen molar-refractivity contribution >= 4 is 22.8 Å². The molecule has 30 heavy (non-hydrogen) atoms. The summed E-state index contributed by atoms with van der Waals surface area (Å²) in [6, 6.07) is 7.02. The largest absolute Gasteiger partial charge is 0.444 e. The van der Waals surface area contributed by atoms with Gasteiger partial charge in [0, 0.05) is 23.6 Å². The van der Waals surface area contributed by atoms with Crippen LogP contribution in [0, 0.1) is 11.7 Å². The fourth-order valence-electron chi connectivity index (χ4n) is 3.72. The number of hydrogen-bond donors (Lipinski definition) is 1. The van der Waals surface area contributed by atoms with Crippen molar-refractivity contribution in [3.63, 3.8) is 0 Å². The minimum atomic E-state index is -0.465. The smallest absolute Gasteiger partial charge is 0.407 e. The van der Waals surface area contributed by atoms with Crippen LogP contribution in [0.25, 0.3) is 4.91 Å². The van der Waals surface area contributed by atoms with Gasteiger partial charge in [-0.05, 0) is 76.4 Å². The Balaban J connectivity index is 1.45. The number of benzene rings is 1. The third-order valence-electron chi connectivity index (χ3n) is 5.27. The molecule has 2 heterocycles. The SMILES string of the molecule is CC(C)(C)OC(=O)NCC1CCN(CC2=CCCC=C(c3ccccc3F)S2)CC1. The van der Waals surface area contributed by atoms with Gasteiger partial charge in [0.2, 0.25) is 0 Å². The quantitative estimate of drug-likeness (QED) is 0.637. The normalized spacial score (nSPS) is 18.9. The van der Waals surface area contributed by atoms with Crippen LogP contribution in [0.15, 0.2) is 41.3 Å². The van der Waals surface area contributed by atoms with Gasteiger partial charge in [0.05, 0.1) is 0 Å². The summed E-state index contributed by atoms with van der Waals surface area (Å²) in [5.41, 5.74) is 0.232. The molecule has 6 heteroatoms. The van der Waals surface area contributed by atoms with Crippen molar-refractivity contribution in [2.45, 2.75) is 52.1 Å². The molecule has 164 valence electrons. The molecular weight excluding hydrogens is 399 g/mol. The summed E-state index contributed by atoms with van der Waals surface area (Å²) in [4.78, 5) is 16.6. The molecule has 1 saturated heterocycles. The molecule has 0 aliphatic carbocycles. The van der Waals surface area contributed by atoms with Gasteiger partial charge in [0.1, 0.15) is 11.4 Å². The van der Waals surface area contributed by atoms with Crippen LogP contribution in [0.1, 0.15) is 52.0 Å². The van der Waals surface area contributed by atoms with Crippen LogP contribution in [-0.4, -0.2) is 42.8 Å². The maximum absolute atomic E-state index is 14.2. The highest BCUT2D eigenvalue weighted by atomic mass is 32.2. The molecule has 0 atom stereocenters. The molecule has 2 aliphatic rings. The van der Waals surface area contributed by atoms with E-state index in [0.29, 0.717) is 18.0 Å². The van der Waals surface area contributed by atoms with E-state index in [4.69, 9.17) is 4.74 Å². The lowest BCUT2D eigenvalue weighted by Gasteiger charge is -2.32. The molecule has 0 spiro atoms. The van der Waals surface area contributed by atoms with Crippen LogP contribution in [0.3, 0.4) is 0 Å². The molecular formula is C24H33FN2O2S. The molecule has 1 N–H and O–H groups in total. The van der Waals surface area contributed by atoms with Gasteiger partial charge in [-0.2, -0.15) is 0 Å². The van der Waals surface area contributed by atoms with Crippen LogP contribution in [-0.2, 0) is 4.74 Å². The van der Waals surface area contributed by atoms with Crippen LogP contribution in [0.4, 0.5) is 9.18 Å². The van der Waals surface area contributed by atoms with E-state index in [0.717, 1.165) is 50.2 Å². The molecule has 1 fully saturated rings. The van der Waals surface area contributed by atoms with Crippen LogP contribution < -0.4 is 5.32 Å². The second kappa shape index (κ2) is 10.5. The number of carbonyl (C=O) groups excluding carboxylic acids is 1. The number of amides is 1. The standard InChI is InChI=1S/C24H33FN2O2S/c1-24(2,3)29-23(28)26-16-18-12-14-27(15-13-18)17-19-8-4-7-11-22(30-19)20-9-5-6-10-21(20)25/h5-6,8-11,18H,4,7,12-17H2,1-3H3,(H,26,28). The first-order valence-corrected chi connectivity index (χ1v) is 11.6. The zero-order chi connectivity index (χ0) is 21.6. The lowest BCUT2D eigenvalue weighted by Crippen LogP contribution is -2.40. The first kappa shape index (κ1) is 22.9. The molecule has 1 aromatic rings. The Morgan fingerprint density at radius 3 is 2.60 bits per heavy atom. The molecule has 1 amide bonds. The third kappa shape index (κ3) is 7.17. The van der Waals surface area contributed by atoms with E-state index in [-0.39, 0.29) is 11.9 Å². The predicted octanol–water partition coefficient (Wildman–Crippen LogP) is 5.81. The first-order valence-electron chi connectivity index (χ1n) is 10.8. The third-order valence-corrected chi connectivity index (χ3v) is 6.43. The van der Waals surface area contributed by atoms with Crippen molar-refractivity contribution in [1.82, 2.24) is 10.2 Å². The average Bonchev–Trinajstić information content (AvgIpc) is 2.92. The van der Waals surface area contributed by atoms with Gasteiger partial charge in [-0.3, -0.25) is 4.90 Å². The molecule has 4 nitrogen and oxygen atoms in total. The Morgan fingerprint density at radius 1 is 1.20 bits per heavy atom. The van der Waals surface area contributed by atoms with Gasteiger partial charge >= 0.3 is 6.09 Å². The predicted molar refractivity (Wildman–Crippen MR) is 123 cm³/mol. The van der Waals surface area contributed by atoms with E-state index >= 15 is 0 Å². The minimum Gasteiger partial charge on any atom is -0.444 e. The van der Waals surface area contributed by atoms with E-state index in [2.05, 4.69) is 22.4 Å². The van der Waals surface area contributed by atoms with Gasteiger partial charge in [0.25, 0.3) is 0 Å². The molecule has 3 rings (SSSR count). The Kier molecular flexibility index (Phi) is 8.00. The Bertz CT molecular complexity index is 793. The average molecular weight is 433 g/mol. The fraction of sp³-hybridized carbons (Fsp3) is 0.542. The van der Waals surface area contributed by atoms with E-state index < -0.39 is 5.60 Å². The highest BCUT2D eigenvalue weighted by molar-refractivity contribution is 8.11. The number of alkyl carbamates (subject to hydrolysis) is 1. The summed E-state index contributed by atoms with van der Waals surface area (Å²) in [7, 11) is 0. The molecule has 0 radical (unpaired) electrons. The molecule has 2 aliphatic heterocycles. The Morgan fingerprint density at radius 2 is 1.90 bits per heavy atom. The van der Waals surface area contributed by atoms with Crippen molar-refractivity contribution < 1.29 is 13.9 Å². The number of hydrogen-bond acceptors (Lipinski definition) is 4. The minimum absolute atomic E-state index is 0.157. The molecule has 0 unspecified atom stereocenters. The summed E-state index contributed by atoms with van der Waals surface area (Å²) >= 11 is 1.70. The first-order chi connectivity index (χ1) is 14.3. The molecule has 0 aromatic heterocycles. The number of nitrogens with one attached hydrogen (secondary N) is 1. The number of thioether (sulfide) groups is 1. The van der Waals surface area contributed by atoms with Gasteiger partial charge < -0.3 is 10.1 Å². The van der Waals surface area contributed by atoms with E-state index in [1.807, 2.05) is 32.9 Å². The number of nitrogens with zero attached hydrogens (tertiary/aromatic N) is 1. The van der Waals surface area contributed by atoms with Crippen molar-refractivity contribution in [3.05, 3.63) is 52.7 Å². The van der Waals surface area contributed by atoms with Gasteiger partial charge in [-0.15, -0.1) is 0 Å². The molecule has 1 aromatic carbocycles. The number of ether oxygens (including phenoxy) is 1. The number of carbonyl (C=O) groups is 1. The Hall–Kier alpha value is -1.79. The summed E-state index contributed by atoms with van der Waals surface area (Å²) in [5, 5.41) is 2.90. The number of allylic oxidation sites excluding steroid dienone is 2. The van der Waals surface area contributed by atoms with E-state index in [9.17, 15) is 9.18 Å². The molecule has 0 saturated carbocycles. The highest BCUT2D eigenvalue weighted by Crippen LogP contribution is 2.38. The topological polar surface area (TPSA) is 41.6 Å².